The number of hydrogen-bond acceptors (Lipinski definition) is 6. The van der Waals surface area contributed by atoms with Crippen molar-refractivity contribution in [2.24, 2.45) is 11.5 Å². The van der Waals surface area contributed by atoms with E-state index in [1.807, 2.05) is 0 Å². The van der Waals surface area contributed by atoms with E-state index in [1.54, 1.807) is 23.5 Å². The van der Waals surface area contributed by atoms with Crippen LogP contribution in [0.3, 0.4) is 0 Å². The fraction of sp³-hybridized carbons (Fsp3) is 0.800. The lowest BCUT2D eigenvalue weighted by molar-refractivity contribution is -0.109. The van der Waals surface area contributed by atoms with Crippen LogP contribution in [0.2, 0.25) is 0 Å². The largest absolute Gasteiger partial charge is 0.330 e. The summed E-state index contributed by atoms with van der Waals surface area (Å²) in [5, 5.41) is 0.139. The summed E-state index contributed by atoms with van der Waals surface area (Å²) in [6.07, 6.45) is 3.06. The molecule has 0 rings (SSSR count). The molecule has 0 heterocycles. The second kappa shape index (κ2) is 11.4. The maximum atomic E-state index is 10.8. The van der Waals surface area contributed by atoms with Gasteiger partial charge in [-0.2, -0.15) is 11.8 Å². The van der Waals surface area contributed by atoms with Crippen LogP contribution in [-0.2, 0) is 9.59 Å². The van der Waals surface area contributed by atoms with Gasteiger partial charge in [0.05, 0.1) is 5.25 Å². The van der Waals surface area contributed by atoms with Gasteiger partial charge in [0, 0.05) is 36.3 Å². The Hall–Kier alpha value is -0.0400. The Balaban J connectivity index is 3.99. The lowest BCUT2D eigenvalue weighted by Gasteiger charge is -2.17. The van der Waals surface area contributed by atoms with Gasteiger partial charge >= 0.3 is 0 Å². The number of hydrogen-bond donors (Lipinski definition) is 2. The number of nitrogens with two attached hydrogens (primary N) is 2. The number of thioether (sulfide) groups is 2. The van der Waals surface area contributed by atoms with E-state index in [9.17, 15) is 9.59 Å². The minimum absolute atomic E-state index is 0.0567. The van der Waals surface area contributed by atoms with Gasteiger partial charge in [-0.25, -0.2) is 0 Å². The van der Waals surface area contributed by atoms with E-state index in [0.717, 1.165) is 30.5 Å². The third-order valence-corrected chi connectivity index (χ3v) is 4.46. The molecule has 0 aromatic rings. The molecule has 0 fully saturated rings. The first-order chi connectivity index (χ1) is 7.78. The first-order valence-corrected chi connectivity index (χ1v) is 7.40. The second-order valence-electron chi connectivity index (χ2n) is 3.25. The van der Waals surface area contributed by atoms with E-state index in [0.29, 0.717) is 19.5 Å². The first kappa shape index (κ1) is 16.0. The van der Waals surface area contributed by atoms with Crippen LogP contribution in [0.15, 0.2) is 0 Å². The molecule has 4 nitrogen and oxygen atoms in total. The Bertz CT molecular complexity index is 194. The quantitative estimate of drug-likeness (QED) is 0.522. The number of carbonyl (C=O) groups is 2. The van der Waals surface area contributed by atoms with E-state index >= 15 is 0 Å². The van der Waals surface area contributed by atoms with Gasteiger partial charge in [-0.15, -0.1) is 11.8 Å². The van der Waals surface area contributed by atoms with Crippen molar-refractivity contribution in [3.63, 3.8) is 0 Å². The van der Waals surface area contributed by atoms with E-state index < -0.39 is 0 Å². The van der Waals surface area contributed by atoms with Gasteiger partial charge in [0.2, 0.25) is 0 Å². The highest BCUT2D eigenvalue weighted by molar-refractivity contribution is 8.01. The maximum absolute atomic E-state index is 10.8. The zero-order valence-electron chi connectivity index (χ0n) is 9.34. The molecule has 0 aliphatic rings. The van der Waals surface area contributed by atoms with Gasteiger partial charge in [0.15, 0.2) is 0 Å². The van der Waals surface area contributed by atoms with Gasteiger partial charge in [-0.3, -0.25) is 0 Å². The Morgan fingerprint density at radius 2 is 1.69 bits per heavy atom. The summed E-state index contributed by atoms with van der Waals surface area (Å²) in [5.41, 5.74) is 10.8. The van der Waals surface area contributed by atoms with Gasteiger partial charge < -0.3 is 21.1 Å². The molecule has 0 radical (unpaired) electrons. The summed E-state index contributed by atoms with van der Waals surface area (Å²) in [4.78, 5) is 21.3. The maximum Gasteiger partial charge on any atom is 0.132 e. The van der Waals surface area contributed by atoms with E-state index in [4.69, 9.17) is 11.5 Å². The third kappa shape index (κ3) is 8.15. The van der Waals surface area contributed by atoms with E-state index in [1.165, 1.54) is 0 Å². The molecular weight excluding hydrogens is 244 g/mol. The molecule has 94 valence electrons. The highest BCUT2D eigenvalue weighted by atomic mass is 32.2. The molecule has 0 saturated heterocycles. The van der Waals surface area contributed by atoms with Crippen molar-refractivity contribution >= 4 is 36.1 Å². The van der Waals surface area contributed by atoms with Crippen molar-refractivity contribution in [1.29, 1.82) is 0 Å². The smallest absolute Gasteiger partial charge is 0.132 e. The molecule has 16 heavy (non-hydrogen) atoms. The summed E-state index contributed by atoms with van der Waals surface area (Å²) in [7, 11) is 0. The topological polar surface area (TPSA) is 86.2 Å². The third-order valence-electron chi connectivity index (χ3n) is 1.93. The molecule has 6 heteroatoms. The van der Waals surface area contributed by atoms with Gasteiger partial charge in [0.1, 0.15) is 12.6 Å². The van der Waals surface area contributed by atoms with Crippen molar-refractivity contribution in [2.75, 3.05) is 24.6 Å². The van der Waals surface area contributed by atoms with Crippen LogP contribution in [-0.4, -0.2) is 47.7 Å². The summed E-state index contributed by atoms with van der Waals surface area (Å²) in [5.74, 6) is 1.60. The van der Waals surface area contributed by atoms with Crippen molar-refractivity contribution in [1.82, 2.24) is 0 Å². The summed E-state index contributed by atoms with van der Waals surface area (Å²) in [6.45, 7) is 1.17. The number of aldehydes is 2. The van der Waals surface area contributed by atoms with Crippen LogP contribution < -0.4 is 11.5 Å². The van der Waals surface area contributed by atoms with Crippen molar-refractivity contribution < 1.29 is 9.59 Å². The highest BCUT2D eigenvalue weighted by Gasteiger charge is 2.16. The lowest BCUT2D eigenvalue weighted by atomic mass is 10.2. The number of carbonyl (C=O) groups excluding carboxylic acids is 2. The molecule has 0 amide bonds. The average Bonchev–Trinajstić information content (AvgIpc) is 2.31. The summed E-state index contributed by atoms with van der Waals surface area (Å²) in [6, 6.07) is 0. The first-order valence-electron chi connectivity index (χ1n) is 5.30. The summed E-state index contributed by atoms with van der Waals surface area (Å²) < 4.78 is 0. The van der Waals surface area contributed by atoms with Crippen LogP contribution in [0.4, 0.5) is 0 Å². The molecule has 0 aromatic heterocycles. The standard InChI is InChI=1S/C10H20N2O2S2/c11-2-5-15-9(1-4-13)7-10(8-14)16-6-3-12/h4,8-10H,1-3,5-7,11-12H2. The monoisotopic (exact) mass is 264 g/mol. The van der Waals surface area contributed by atoms with E-state index in [-0.39, 0.29) is 10.5 Å². The Morgan fingerprint density at radius 1 is 1.06 bits per heavy atom. The van der Waals surface area contributed by atoms with Crippen LogP contribution in [0.1, 0.15) is 12.8 Å². The lowest BCUT2D eigenvalue weighted by Crippen LogP contribution is -2.18. The van der Waals surface area contributed by atoms with E-state index in [2.05, 4.69) is 0 Å². The molecule has 0 aromatic carbocycles. The fourth-order valence-corrected chi connectivity index (χ4v) is 3.25. The Morgan fingerprint density at radius 3 is 2.19 bits per heavy atom. The molecule has 2 atom stereocenters. The number of rotatable bonds is 11. The average molecular weight is 264 g/mol. The fourth-order valence-electron chi connectivity index (χ4n) is 1.22. The van der Waals surface area contributed by atoms with Gasteiger partial charge in [-0.05, 0) is 6.42 Å². The van der Waals surface area contributed by atoms with Crippen LogP contribution in [0.5, 0.6) is 0 Å². The van der Waals surface area contributed by atoms with Crippen molar-refractivity contribution in [3.8, 4) is 0 Å². The van der Waals surface area contributed by atoms with Crippen molar-refractivity contribution in [2.45, 2.75) is 23.3 Å². The molecule has 0 aliphatic heterocycles. The molecule has 0 bridgehead atoms. The van der Waals surface area contributed by atoms with Gasteiger partial charge in [0.25, 0.3) is 0 Å². The zero-order chi connectivity index (χ0) is 12.2. The SMILES string of the molecule is NCCSC(C=O)CC(CC=O)SCCN. The predicted octanol–water partition coefficient (Wildman–Crippen LogP) is 0.285. The molecular formula is C10H20N2O2S2. The Labute approximate surface area is 105 Å². The van der Waals surface area contributed by atoms with Crippen molar-refractivity contribution in [3.05, 3.63) is 0 Å². The highest BCUT2D eigenvalue weighted by Crippen LogP contribution is 2.23. The zero-order valence-corrected chi connectivity index (χ0v) is 11.0. The molecule has 2 unspecified atom stereocenters. The van der Waals surface area contributed by atoms with Crippen LogP contribution in [0.25, 0.3) is 0 Å². The second-order valence-corrected chi connectivity index (χ2v) is 6.01. The molecule has 0 aliphatic carbocycles. The Kier molecular flexibility index (Phi) is 11.4. The van der Waals surface area contributed by atoms with Crippen LogP contribution in [0, 0.1) is 0 Å². The molecule has 4 N–H and O–H groups in total. The molecule has 0 spiro atoms. The minimum Gasteiger partial charge on any atom is -0.330 e. The van der Waals surface area contributed by atoms with Crippen LogP contribution >= 0.6 is 23.5 Å². The normalized spacial score (nSPS) is 14.4. The predicted molar refractivity (Wildman–Crippen MR) is 72.0 cm³/mol. The minimum atomic E-state index is -0.0567. The molecule has 0 saturated carbocycles. The van der Waals surface area contributed by atoms with Gasteiger partial charge in [-0.1, -0.05) is 0 Å². The summed E-state index contributed by atoms with van der Waals surface area (Å²) >= 11 is 3.22.